The van der Waals surface area contributed by atoms with E-state index in [0.29, 0.717) is 0 Å². The molecule has 0 radical (unpaired) electrons. The molecule has 2 heterocycles. The molecular weight excluding hydrogens is 370 g/mol. The fourth-order valence-corrected chi connectivity index (χ4v) is 5.06. The molecule has 7 heteroatoms. The largest absolute Gasteiger partial charge is 0.467 e. The quantitative estimate of drug-likeness (QED) is 0.347. The summed E-state index contributed by atoms with van der Waals surface area (Å²) in [5.41, 5.74) is 1.58. The van der Waals surface area contributed by atoms with Crippen LogP contribution in [0, 0.1) is 23.7 Å². The maximum absolute atomic E-state index is 12.8. The molecule has 5 unspecified atom stereocenters. The highest BCUT2D eigenvalue weighted by atomic mass is 16.5. The Balaban J connectivity index is 1.48. The molecule has 2 aromatic rings. The van der Waals surface area contributed by atoms with E-state index in [2.05, 4.69) is 17.3 Å². The Morgan fingerprint density at radius 3 is 2.48 bits per heavy atom. The molecule has 0 N–H and O–H groups in total. The molecule has 2 fully saturated rings. The monoisotopic (exact) mass is 391 g/mol. The predicted octanol–water partition coefficient (Wildman–Crippen LogP) is 2.52. The lowest BCUT2D eigenvalue weighted by molar-refractivity contribution is -0.144. The first-order valence-electron chi connectivity index (χ1n) is 9.78. The predicted molar refractivity (Wildman–Crippen MR) is 106 cm³/mol. The maximum Gasteiger partial charge on any atom is 0.328 e. The fraction of sp³-hybridized carbons (Fsp3) is 0.364. The van der Waals surface area contributed by atoms with Crippen LogP contribution in [0.1, 0.15) is 24.9 Å². The lowest BCUT2D eigenvalue weighted by Gasteiger charge is -2.13. The van der Waals surface area contributed by atoms with Gasteiger partial charge in [-0.15, -0.1) is 0 Å². The van der Waals surface area contributed by atoms with E-state index in [1.54, 1.807) is 13.1 Å². The van der Waals surface area contributed by atoms with Crippen molar-refractivity contribution in [3.8, 4) is 0 Å². The van der Waals surface area contributed by atoms with Crippen LogP contribution >= 0.6 is 0 Å². The summed E-state index contributed by atoms with van der Waals surface area (Å²) in [6.07, 6.45) is 8.35. The average Bonchev–Trinajstić information content (AvgIpc) is 3.49. The molecule has 29 heavy (non-hydrogen) atoms. The molecule has 5 rings (SSSR count). The maximum atomic E-state index is 12.8. The molecule has 2 bridgehead atoms. The van der Waals surface area contributed by atoms with Crippen LogP contribution in [0.5, 0.6) is 0 Å². The number of hydrogen-bond acceptors (Lipinski definition) is 5. The first kappa shape index (κ1) is 17.8. The lowest BCUT2D eigenvalue weighted by atomic mass is 9.85. The van der Waals surface area contributed by atoms with Crippen molar-refractivity contribution >= 4 is 34.9 Å². The molecule has 1 saturated heterocycles. The topological polar surface area (TPSA) is 81.0 Å². The third-order valence-electron chi connectivity index (χ3n) is 6.49. The SMILES string of the molecule is COC(=O)C(C)n1cc(C=NN2C(=O)C3C4C=CC(C4)C3C2=O)c2ccccc21. The Morgan fingerprint density at radius 2 is 1.83 bits per heavy atom. The Kier molecular flexibility index (Phi) is 3.94. The van der Waals surface area contributed by atoms with E-state index in [1.807, 2.05) is 28.8 Å². The molecule has 1 saturated carbocycles. The number of ether oxygens (including phenoxy) is 1. The van der Waals surface area contributed by atoms with Gasteiger partial charge in [-0.05, 0) is 31.2 Å². The zero-order valence-electron chi connectivity index (χ0n) is 16.2. The van der Waals surface area contributed by atoms with E-state index < -0.39 is 6.04 Å². The second kappa shape index (κ2) is 6.40. The highest BCUT2D eigenvalue weighted by molar-refractivity contribution is 6.07. The number of fused-ring (bicyclic) bond motifs is 6. The summed E-state index contributed by atoms with van der Waals surface area (Å²) in [6.45, 7) is 1.76. The summed E-state index contributed by atoms with van der Waals surface area (Å²) >= 11 is 0. The number of aromatic nitrogens is 1. The molecule has 7 nitrogen and oxygen atoms in total. The summed E-state index contributed by atoms with van der Waals surface area (Å²) in [5.74, 6) is -0.992. The Bertz CT molecular complexity index is 1070. The average molecular weight is 391 g/mol. The Hall–Kier alpha value is -3.22. The van der Waals surface area contributed by atoms with Crippen LogP contribution in [0.3, 0.4) is 0 Å². The molecule has 1 aromatic heterocycles. The number of nitrogens with zero attached hydrogens (tertiary/aromatic N) is 3. The van der Waals surface area contributed by atoms with Gasteiger partial charge in [0.2, 0.25) is 0 Å². The van der Waals surface area contributed by atoms with Gasteiger partial charge in [0.15, 0.2) is 0 Å². The molecule has 5 atom stereocenters. The van der Waals surface area contributed by atoms with Crippen LogP contribution in [0.25, 0.3) is 10.9 Å². The first-order valence-corrected chi connectivity index (χ1v) is 9.78. The molecular formula is C22H21N3O4. The zero-order chi connectivity index (χ0) is 20.3. The van der Waals surface area contributed by atoms with Gasteiger partial charge >= 0.3 is 5.97 Å². The van der Waals surface area contributed by atoms with Gasteiger partial charge in [0.05, 0.1) is 25.2 Å². The van der Waals surface area contributed by atoms with Gasteiger partial charge < -0.3 is 9.30 Å². The van der Waals surface area contributed by atoms with E-state index in [4.69, 9.17) is 4.74 Å². The van der Waals surface area contributed by atoms with Gasteiger partial charge in [0, 0.05) is 22.7 Å². The smallest absolute Gasteiger partial charge is 0.328 e. The van der Waals surface area contributed by atoms with Crippen molar-refractivity contribution < 1.29 is 19.1 Å². The third-order valence-corrected chi connectivity index (χ3v) is 6.49. The van der Waals surface area contributed by atoms with E-state index in [9.17, 15) is 14.4 Å². The first-order chi connectivity index (χ1) is 14.0. The van der Waals surface area contributed by atoms with Crippen LogP contribution < -0.4 is 0 Å². The number of allylic oxidation sites excluding steroid dienone is 2. The van der Waals surface area contributed by atoms with Crippen LogP contribution in [0.15, 0.2) is 47.7 Å². The van der Waals surface area contributed by atoms with E-state index in [-0.39, 0.29) is 41.5 Å². The standard InChI is InChI=1S/C22H21N3O4/c1-12(22(28)29-2)24-11-15(16-5-3-4-6-17(16)24)10-23-25-20(26)18-13-7-8-14(9-13)19(18)21(25)27/h3-8,10-14,18-19H,9H2,1-2H3. The Morgan fingerprint density at radius 1 is 1.17 bits per heavy atom. The number of benzene rings is 1. The van der Waals surface area contributed by atoms with Crippen molar-refractivity contribution in [2.24, 2.45) is 28.8 Å². The van der Waals surface area contributed by atoms with Gasteiger partial charge in [-0.1, -0.05) is 30.4 Å². The Labute approximate surface area is 167 Å². The second-order valence-electron chi connectivity index (χ2n) is 7.94. The summed E-state index contributed by atoms with van der Waals surface area (Å²) in [6, 6.07) is 7.10. The van der Waals surface area contributed by atoms with Gasteiger partial charge in [-0.3, -0.25) is 9.59 Å². The minimum absolute atomic E-state index is 0.157. The van der Waals surface area contributed by atoms with Crippen LogP contribution in [0.4, 0.5) is 0 Å². The highest BCUT2D eigenvalue weighted by Gasteiger charge is 2.59. The van der Waals surface area contributed by atoms with Crippen LogP contribution in [-0.4, -0.2) is 40.7 Å². The van der Waals surface area contributed by atoms with Crippen LogP contribution in [-0.2, 0) is 19.1 Å². The molecule has 2 aliphatic carbocycles. The molecule has 1 aliphatic heterocycles. The minimum Gasteiger partial charge on any atom is -0.467 e. The molecule has 0 spiro atoms. The fourth-order valence-electron chi connectivity index (χ4n) is 5.06. The van der Waals surface area contributed by atoms with Crippen molar-refractivity contribution in [2.45, 2.75) is 19.4 Å². The molecule has 3 aliphatic rings. The van der Waals surface area contributed by atoms with Crippen molar-refractivity contribution in [1.82, 2.24) is 9.58 Å². The second-order valence-corrected chi connectivity index (χ2v) is 7.94. The number of para-hydroxylation sites is 1. The minimum atomic E-state index is -0.511. The number of carbonyl (C=O) groups excluding carboxylic acids is 3. The lowest BCUT2D eigenvalue weighted by Crippen LogP contribution is -2.28. The number of hydrazone groups is 1. The van der Waals surface area contributed by atoms with Crippen LogP contribution in [0.2, 0.25) is 0 Å². The van der Waals surface area contributed by atoms with Crippen molar-refractivity contribution in [1.29, 1.82) is 0 Å². The van der Waals surface area contributed by atoms with E-state index in [1.165, 1.54) is 13.3 Å². The number of hydrogen-bond donors (Lipinski definition) is 0. The number of esters is 1. The van der Waals surface area contributed by atoms with Gasteiger partial charge in [-0.2, -0.15) is 10.1 Å². The van der Waals surface area contributed by atoms with Gasteiger partial charge in [0.1, 0.15) is 6.04 Å². The number of rotatable bonds is 4. The van der Waals surface area contributed by atoms with E-state index >= 15 is 0 Å². The molecule has 2 amide bonds. The number of imide groups is 1. The molecule has 148 valence electrons. The summed E-state index contributed by atoms with van der Waals surface area (Å²) in [7, 11) is 1.36. The summed E-state index contributed by atoms with van der Waals surface area (Å²) in [4.78, 5) is 37.6. The third kappa shape index (κ3) is 2.50. The number of methoxy groups -OCH3 is 1. The summed E-state index contributed by atoms with van der Waals surface area (Å²) in [5, 5.41) is 6.20. The molecule has 1 aromatic carbocycles. The van der Waals surface area contributed by atoms with Crippen molar-refractivity contribution in [3.63, 3.8) is 0 Å². The van der Waals surface area contributed by atoms with Crippen molar-refractivity contribution in [2.75, 3.05) is 7.11 Å². The number of amides is 2. The number of carbonyl (C=O) groups is 3. The zero-order valence-corrected chi connectivity index (χ0v) is 16.2. The highest BCUT2D eigenvalue weighted by Crippen LogP contribution is 2.52. The van der Waals surface area contributed by atoms with Crippen molar-refractivity contribution in [3.05, 3.63) is 48.2 Å². The van der Waals surface area contributed by atoms with E-state index in [0.717, 1.165) is 27.9 Å². The van der Waals surface area contributed by atoms with Gasteiger partial charge in [-0.25, -0.2) is 4.79 Å². The van der Waals surface area contributed by atoms with Gasteiger partial charge in [0.25, 0.3) is 11.8 Å². The normalized spacial score (nSPS) is 28.7. The summed E-state index contributed by atoms with van der Waals surface area (Å²) < 4.78 is 6.68.